The van der Waals surface area contributed by atoms with Gasteiger partial charge in [0.15, 0.2) is 5.75 Å². The van der Waals surface area contributed by atoms with Crippen LogP contribution in [0.15, 0.2) is 18.2 Å². The second kappa shape index (κ2) is 5.53. The molecular weight excluding hydrogens is 204 g/mol. The van der Waals surface area contributed by atoms with E-state index in [1.165, 1.54) is 0 Å². The molecule has 0 aliphatic carbocycles. The number of rotatable bonds is 2. The first-order valence-electron chi connectivity index (χ1n) is 4.14. The monoisotopic (exact) mass is 214 g/mol. The molecule has 1 aromatic rings. The van der Waals surface area contributed by atoms with Gasteiger partial charge in [-0.3, -0.25) is 20.2 Å². The van der Waals surface area contributed by atoms with Crippen LogP contribution in [-0.2, 0) is 0 Å². The first-order chi connectivity index (χ1) is 7.02. The van der Waals surface area contributed by atoms with E-state index in [0.29, 0.717) is 6.07 Å². The van der Waals surface area contributed by atoms with Crippen LogP contribution in [-0.4, -0.2) is 15.0 Å². The molecule has 0 atom stereocenters. The number of nitrogens with zero attached hydrogens (tertiary/aromatic N) is 2. The van der Waals surface area contributed by atoms with E-state index in [4.69, 9.17) is 5.11 Å². The van der Waals surface area contributed by atoms with Gasteiger partial charge in [-0.2, -0.15) is 0 Å². The van der Waals surface area contributed by atoms with Gasteiger partial charge in [0.05, 0.1) is 15.9 Å². The Hall–Kier alpha value is -2.18. The molecule has 7 heteroatoms. The zero-order valence-electron chi connectivity index (χ0n) is 8.21. The molecule has 0 unspecified atom stereocenters. The summed E-state index contributed by atoms with van der Waals surface area (Å²) in [4.78, 5) is 18.7. The third-order valence-electron chi connectivity index (χ3n) is 1.37. The molecule has 0 amide bonds. The standard InChI is InChI=1S/C6H4N2O5.C2H6/c9-6-2-1-4(7(10)11)3-5(6)8(12)13;1-2/h1-3,9H;1-2H3. The van der Waals surface area contributed by atoms with Gasteiger partial charge in [0, 0.05) is 6.07 Å². The molecule has 0 heterocycles. The molecule has 0 fully saturated rings. The first kappa shape index (κ1) is 12.8. The van der Waals surface area contributed by atoms with Gasteiger partial charge in [-0.25, -0.2) is 0 Å². The van der Waals surface area contributed by atoms with Gasteiger partial charge in [0.1, 0.15) is 0 Å². The van der Waals surface area contributed by atoms with Gasteiger partial charge in [-0.1, -0.05) is 13.8 Å². The lowest BCUT2D eigenvalue weighted by Crippen LogP contribution is -1.92. The summed E-state index contributed by atoms with van der Waals surface area (Å²) in [5, 5.41) is 29.3. The number of benzene rings is 1. The van der Waals surface area contributed by atoms with Crippen molar-refractivity contribution in [3.63, 3.8) is 0 Å². The lowest BCUT2D eigenvalue weighted by molar-refractivity contribution is -0.394. The third-order valence-corrected chi connectivity index (χ3v) is 1.37. The number of non-ortho nitro benzene ring substituents is 1. The van der Waals surface area contributed by atoms with E-state index < -0.39 is 27.0 Å². The van der Waals surface area contributed by atoms with Gasteiger partial charge in [-0.15, -0.1) is 0 Å². The topological polar surface area (TPSA) is 107 Å². The van der Waals surface area contributed by atoms with Crippen LogP contribution >= 0.6 is 0 Å². The van der Waals surface area contributed by atoms with Gasteiger partial charge in [-0.05, 0) is 6.07 Å². The van der Waals surface area contributed by atoms with Crippen LogP contribution in [0.2, 0.25) is 0 Å². The number of hydrogen-bond acceptors (Lipinski definition) is 5. The minimum atomic E-state index is -0.887. The largest absolute Gasteiger partial charge is 0.502 e. The fraction of sp³-hybridized carbons (Fsp3) is 0.250. The highest BCUT2D eigenvalue weighted by molar-refractivity contribution is 5.52. The Morgan fingerprint density at radius 2 is 1.67 bits per heavy atom. The highest BCUT2D eigenvalue weighted by atomic mass is 16.6. The van der Waals surface area contributed by atoms with E-state index in [1.54, 1.807) is 0 Å². The lowest BCUT2D eigenvalue weighted by Gasteiger charge is -1.94. The van der Waals surface area contributed by atoms with Gasteiger partial charge < -0.3 is 5.11 Å². The average Bonchev–Trinajstić information content (AvgIpc) is 2.20. The molecule has 0 aromatic heterocycles. The average molecular weight is 214 g/mol. The lowest BCUT2D eigenvalue weighted by atomic mass is 10.2. The second-order valence-electron chi connectivity index (χ2n) is 2.19. The summed E-state index contributed by atoms with van der Waals surface area (Å²) in [5.41, 5.74) is -1.10. The fourth-order valence-electron chi connectivity index (χ4n) is 0.772. The molecule has 0 spiro atoms. The summed E-state index contributed by atoms with van der Waals surface area (Å²) in [7, 11) is 0. The van der Waals surface area contributed by atoms with Crippen LogP contribution in [0.3, 0.4) is 0 Å². The van der Waals surface area contributed by atoms with Crippen molar-refractivity contribution < 1.29 is 15.0 Å². The smallest absolute Gasteiger partial charge is 0.317 e. The summed E-state index contributed by atoms with van der Waals surface area (Å²) >= 11 is 0. The summed E-state index contributed by atoms with van der Waals surface area (Å²) < 4.78 is 0. The molecular formula is C8H10N2O5. The van der Waals surface area contributed by atoms with Crippen molar-refractivity contribution in [1.29, 1.82) is 0 Å². The molecule has 0 aliphatic rings. The number of phenols is 1. The maximum absolute atomic E-state index is 10.2. The van der Waals surface area contributed by atoms with Gasteiger partial charge >= 0.3 is 5.69 Å². The van der Waals surface area contributed by atoms with Gasteiger partial charge in [0.25, 0.3) is 5.69 Å². The van der Waals surface area contributed by atoms with E-state index >= 15 is 0 Å². The van der Waals surface area contributed by atoms with Crippen molar-refractivity contribution in [2.75, 3.05) is 0 Å². The van der Waals surface area contributed by atoms with Crippen LogP contribution in [0.5, 0.6) is 5.75 Å². The Kier molecular flexibility index (Phi) is 4.73. The number of hydrogen-bond donors (Lipinski definition) is 1. The van der Waals surface area contributed by atoms with Crippen molar-refractivity contribution in [3.05, 3.63) is 38.4 Å². The molecule has 82 valence electrons. The Balaban J connectivity index is 0.000000921. The van der Waals surface area contributed by atoms with E-state index in [0.717, 1.165) is 12.1 Å². The molecule has 15 heavy (non-hydrogen) atoms. The fourth-order valence-corrected chi connectivity index (χ4v) is 0.772. The van der Waals surface area contributed by atoms with Crippen LogP contribution in [0.1, 0.15) is 13.8 Å². The summed E-state index contributed by atoms with van der Waals surface area (Å²) in [6.45, 7) is 4.00. The van der Waals surface area contributed by atoms with Crippen LogP contribution in [0.25, 0.3) is 0 Å². The minimum absolute atomic E-state index is 0.426. The van der Waals surface area contributed by atoms with E-state index in [1.807, 2.05) is 13.8 Å². The third kappa shape index (κ3) is 3.22. The van der Waals surface area contributed by atoms with Crippen LogP contribution < -0.4 is 0 Å². The molecule has 7 nitrogen and oxygen atoms in total. The molecule has 1 rings (SSSR count). The SMILES string of the molecule is CC.O=[N+]([O-])c1ccc(O)c([N+](=O)[O-])c1. The Labute approximate surface area is 85.3 Å². The van der Waals surface area contributed by atoms with Crippen LogP contribution in [0, 0.1) is 20.2 Å². The number of nitro benzene ring substituents is 2. The molecule has 0 saturated carbocycles. The number of nitro groups is 2. The highest BCUT2D eigenvalue weighted by Crippen LogP contribution is 2.29. The maximum Gasteiger partial charge on any atom is 0.317 e. The van der Waals surface area contributed by atoms with E-state index in [-0.39, 0.29) is 0 Å². The minimum Gasteiger partial charge on any atom is -0.502 e. The molecule has 0 saturated heterocycles. The van der Waals surface area contributed by atoms with Crippen molar-refractivity contribution in [2.24, 2.45) is 0 Å². The quantitative estimate of drug-likeness (QED) is 0.600. The summed E-state index contributed by atoms with van der Waals surface area (Å²) in [5.74, 6) is -0.587. The zero-order valence-corrected chi connectivity index (χ0v) is 8.21. The molecule has 1 aromatic carbocycles. The van der Waals surface area contributed by atoms with Gasteiger partial charge in [0.2, 0.25) is 0 Å². The van der Waals surface area contributed by atoms with Crippen LogP contribution in [0.4, 0.5) is 11.4 Å². The maximum atomic E-state index is 10.2. The normalized spacial score (nSPS) is 8.67. The van der Waals surface area contributed by atoms with E-state index in [9.17, 15) is 20.2 Å². The second-order valence-corrected chi connectivity index (χ2v) is 2.19. The van der Waals surface area contributed by atoms with Crippen molar-refractivity contribution >= 4 is 11.4 Å². The highest BCUT2D eigenvalue weighted by Gasteiger charge is 2.18. The summed E-state index contributed by atoms with van der Waals surface area (Å²) in [6, 6.07) is 2.61. The summed E-state index contributed by atoms with van der Waals surface area (Å²) in [6.07, 6.45) is 0. The number of aromatic hydroxyl groups is 1. The first-order valence-corrected chi connectivity index (χ1v) is 4.14. The van der Waals surface area contributed by atoms with Crippen molar-refractivity contribution in [2.45, 2.75) is 13.8 Å². The Morgan fingerprint density at radius 1 is 1.13 bits per heavy atom. The Bertz CT molecular complexity index is 377. The Morgan fingerprint density at radius 3 is 2.07 bits per heavy atom. The van der Waals surface area contributed by atoms with Crippen molar-refractivity contribution in [1.82, 2.24) is 0 Å². The van der Waals surface area contributed by atoms with Crippen molar-refractivity contribution in [3.8, 4) is 5.75 Å². The molecule has 0 aliphatic heterocycles. The molecule has 0 bridgehead atoms. The number of phenolic OH excluding ortho intramolecular Hbond substituents is 1. The zero-order chi connectivity index (χ0) is 12.0. The predicted octanol–water partition coefficient (Wildman–Crippen LogP) is 2.23. The molecule has 1 N–H and O–H groups in total. The molecule has 0 radical (unpaired) electrons. The van der Waals surface area contributed by atoms with E-state index in [2.05, 4.69) is 0 Å². The predicted molar refractivity (Wildman–Crippen MR) is 52.8 cm³/mol.